The van der Waals surface area contributed by atoms with Crippen molar-refractivity contribution in [3.05, 3.63) is 34.3 Å². The van der Waals surface area contributed by atoms with E-state index in [1.807, 2.05) is 0 Å². The molecule has 0 fully saturated rings. The Morgan fingerprint density at radius 3 is 2.50 bits per heavy atom. The third kappa shape index (κ3) is 5.00. The molecule has 1 aromatic carbocycles. The molecule has 0 saturated heterocycles. The second kappa shape index (κ2) is 7.64. The van der Waals surface area contributed by atoms with Gasteiger partial charge in [-0.2, -0.15) is 0 Å². The number of carbonyl (C=O) groups is 3. The summed E-state index contributed by atoms with van der Waals surface area (Å²) in [6.45, 7) is -0.627. The molecule has 7 heteroatoms. The van der Waals surface area contributed by atoms with Gasteiger partial charge in [-0.05, 0) is 28.1 Å². The third-order valence-electron chi connectivity index (χ3n) is 2.37. The van der Waals surface area contributed by atoms with Crippen LogP contribution in [0.2, 0.25) is 0 Å². The Labute approximate surface area is 125 Å². The molecule has 0 spiro atoms. The van der Waals surface area contributed by atoms with E-state index in [1.165, 1.54) is 4.90 Å². The summed E-state index contributed by atoms with van der Waals surface area (Å²) >= 11 is 3.24. The van der Waals surface area contributed by atoms with Gasteiger partial charge in [-0.15, -0.1) is 0 Å². The molecule has 2 amide bonds. The number of amides is 2. The number of esters is 1. The highest BCUT2D eigenvalue weighted by atomic mass is 79.9. The molecule has 0 saturated carbocycles. The average Bonchev–Trinajstić information content (AvgIpc) is 2.42. The Balaban J connectivity index is 2.40. The van der Waals surface area contributed by atoms with Gasteiger partial charge in [0.2, 0.25) is 0 Å². The third-order valence-corrected chi connectivity index (χ3v) is 3.06. The maximum Gasteiger partial charge on any atom is 0.325 e. The molecule has 0 radical (unpaired) electrons. The molecule has 0 aliphatic carbocycles. The van der Waals surface area contributed by atoms with Gasteiger partial charge in [0.05, 0.1) is 5.56 Å². The minimum Gasteiger partial charge on any atom is -0.454 e. The Bertz CT molecular complexity index is 517. The Morgan fingerprint density at radius 2 is 1.90 bits per heavy atom. The molecule has 0 bridgehead atoms. The van der Waals surface area contributed by atoms with Crippen molar-refractivity contribution in [1.82, 2.24) is 10.2 Å². The molecule has 1 N–H and O–H groups in total. The van der Waals surface area contributed by atoms with E-state index in [1.54, 1.807) is 38.4 Å². The summed E-state index contributed by atoms with van der Waals surface area (Å²) in [5, 5.41) is 2.42. The standard InChI is InChI=1S/C13H15BrN2O4/c1-16(2)11(17)8-20-12(18)7-15-13(19)9-5-3-4-6-10(9)14/h3-6H,7-8H2,1-2H3,(H,15,19). The Hall–Kier alpha value is -1.89. The molecule has 1 rings (SSSR count). The SMILES string of the molecule is CN(C)C(=O)COC(=O)CNC(=O)c1ccccc1Br. The maximum absolute atomic E-state index is 11.8. The fraction of sp³-hybridized carbons (Fsp3) is 0.308. The van der Waals surface area contributed by atoms with Gasteiger partial charge in [0, 0.05) is 18.6 Å². The first-order valence-electron chi connectivity index (χ1n) is 5.80. The van der Waals surface area contributed by atoms with Crippen molar-refractivity contribution in [2.24, 2.45) is 0 Å². The molecule has 20 heavy (non-hydrogen) atoms. The summed E-state index contributed by atoms with van der Waals surface area (Å²) in [5.41, 5.74) is 0.421. The van der Waals surface area contributed by atoms with Crippen molar-refractivity contribution >= 4 is 33.7 Å². The molecule has 108 valence electrons. The summed E-state index contributed by atoms with van der Waals surface area (Å²) in [6.07, 6.45) is 0. The first-order valence-corrected chi connectivity index (χ1v) is 6.59. The predicted molar refractivity (Wildman–Crippen MR) is 76.1 cm³/mol. The summed E-state index contributed by atoms with van der Waals surface area (Å²) in [7, 11) is 3.12. The number of hydrogen-bond donors (Lipinski definition) is 1. The van der Waals surface area contributed by atoms with Crippen molar-refractivity contribution in [2.75, 3.05) is 27.2 Å². The number of rotatable bonds is 5. The normalized spacial score (nSPS) is 9.75. The van der Waals surface area contributed by atoms with Gasteiger partial charge < -0.3 is 15.0 Å². The van der Waals surface area contributed by atoms with Crippen LogP contribution in [0.1, 0.15) is 10.4 Å². The second-order valence-electron chi connectivity index (χ2n) is 4.11. The van der Waals surface area contributed by atoms with E-state index in [-0.39, 0.29) is 19.1 Å². The highest BCUT2D eigenvalue weighted by molar-refractivity contribution is 9.10. The van der Waals surface area contributed by atoms with Crippen LogP contribution in [0.15, 0.2) is 28.7 Å². The van der Waals surface area contributed by atoms with Crippen LogP contribution in [0.25, 0.3) is 0 Å². The van der Waals surface area contributed by atoms with E-state index in [0.29, 0.717) is 10.0 Å². The number of ether oxygens (including phenoxy) is 1. The zero-order valence-electron chi connectivity index (χ0n) is 11.2. The number of nitrogens with zero attached hydrogens (tertiary/aromatic N) is 1. The van der Waals surface area contributed by atoms with Crippen LogP contribution in [-0.2, 0) is 14.3 Å². The van der Waals surface area contributed by atoms with Crippen molar-refractivity contribution in [3.8, 4) is 0 Å². The number of halogens is 1. The van der Waals surface area contributed by atoms with Crippen LogP contribution in [0, 0.1) is 0 Å². The largest absolute Gasteiger partial charge is 0.454 e. The summed E-state index contributed by atoms with van der Waals surface area (Å²) < 4.78 is 5.36. The summed E-state index contributed by atoms with van der Waals surface area (Å²) in [4.78, 5) is 35.7. The molecule has 0 unspecified atom stereocenters. The smallest absolute Gasteiger partial charge is 0.325 e. The van der Waals surface area contributed by atoms with E-state index < -0.39 is 11.9 Å². The Kier molecular flexibility index (Phi) is 6.17. The van der Waals surface area contributed by atoms with Gasteiger partial charge in [0.1, 0.15) is 6.54 Å². The number of carbonyl (C=O) groups excluding carboxylic acids is 3. The van der Waals surface area contributed by atoms with E-state index >= 15 is 0 Å². The average molecular weight is 343 g/mol. The van der Waals surface area contributed by atoms with Gasteiger partial charge >= 0.3 is 5.97 Å². The molecule has 1 aromatic rings. The topological polar surface area (TPSA) is 75.7 Å². The number of hydrogen-bond acceptors (Lipinski definition) is 4. The van der Waals surface area contributed by atoms with E-state index in [9.17, 15) is 14.4 Å². The predicted octanol–water partition coefficient (Wildman–Crippen LogP) is 0.810. The maximum atomic E-state index is 11.8. The first-order chi connectivity index (χ1) is 9.41. The van der Waals surface area contributed by atoms with Crippen molar-refractivity contribution < 1.29 is 19.1 Å². The van der Waals surface area contributed by atoms with E-state index in [0.717, 1.165) is 0 Å². The van der Waals surface area contributed by atoms with Gasteiger partial charge in [0.25, 0.3) is 11.8 Å². The van der Waals surface area contributed by atoms with Crippen LogP contribution in [0.3, 0.4) is 0 Å². The molecule has 0 aliphatic rings. The van der Waals surface area contributed by atoms with Crippen molar-refractivity contribution in [3.63, 3.8) is 0 Å². The molecule has 0 heterocycles. The molecular formula is C13H15BrN2O4. The number of benzene rings is 1. The van der Waals surface area contributed by atoms with Crippen molar-refractivity contribution in [1.29, 1.82) is 0 Å². The fourth-order valence-corrected chi connectivity index (χ4v) is 1.68. The number of nitrogens with one attached hydrogen (secondary N) is 1. The minimum absolute atomic E-state index is 0.291. The van der Waals surface area contributed by atoms with Crippen LogP contribution >= 0.6 is 15.9 Å². The highest BCUT2D eigenvalue weighted by Gasteiger charge is 2.13. The van der Waals surface area contributed by atoms with Gasteiger partial charge in [-0.25, -0.2) is 0 Å². The molecule has 0 aromatic heterocycles. The van der Waals surface area contributed by atoms with Crippen molar-refractivity contribution in [2.45, 2.75) is 0 Å². The number of likely N-dealkylation sites (N-methyl/N-ethyl adjacent to an activating group) is 1. The second-order valence-corrected chi connectivity index (χ2v) is 4.97. The summed E-state index contributed by atoms with van der Waals surface area (Å²) in [5.74, 6) is -1.38. The lowest BCUT2D eigenvalue weighted by atomic mass is 10.2. The summed E-state index contributed by atoms with van der Waals surface area (Å²) in [6, 6.07) is 6.85. The molecule has 0 aliphatic heterocycles. The first kappa shape index (κ1) is 16.2. The fourth-order valence-electron chi connectivity index (χ4n) is 1.22. The quantitative estimate of drug-likeness (QED) is 0.803. The Morgan fingerprint density at radius 1 is 1.25 bits per heavy atom. The lowest BCUT2D eigenvalue weighted by Gasteiger charge is -2.11. The van der Waals surface area contributed by atoms with Gasteiger partial charge in [-0.1, -0.05) is 12.1 Å². The van der Waals surface area contributed by atoms with Crippen LogP contribution in [-0.4, -0.2) is 49.9 Å². The van der Waals surface area contributed by atoms with Crippen LogP contribution in [0.5, 0.6) is 0 Å². The van der Waals surface area contributed by atoms with Crippen LogP contribution < -0.4 is 5.32 Å². The monoisotopic (exact) mass is 342 g/mol. The zero-order chi connectivity index (χ0) is 15.1. The van der Waals surface area contributed by atoms with E-state index in [2.05, 4.69) is 21.2 Å². The molecular weight excluding hydrogens is 328 g/mol. The molecule has 6 nitrogen and oxygen atoms in total. The van der Waals surface area contributed by atoms with E-state index in [4.69, 9.17) is 4.74 Å². The van der Waals surface area contributed by atoms with Gasteiger partial charge in [-0.3, -0.25) is 14.4 Å². The lowest BCUT2D eigenvalue weighted by molar-refractivity contribution is -0.150. The lowest BCUT2D eigenvalue weighted by Crippen LogP contribution is -2.33. The van der Waals surface area contributed by atoms with Gasteiger partial charge in [0.15, 0.2) is 6.61 Å². The molecule has 0 atom stereocenters. The van der Waals surface area contributed by atoms with Crippen LogP contribution in [0.4, 0.5) is 0 Å². The zero-order valence-corrected chi connectivity index (χ0v) is 12.8. The minimum atomic E-state index is -0.666. The highest BCUT2D eigenvalue weighted by Crippen LogP contribution is 2.15.